The quantitative estimate of drug-likeness (QED) is 0.628. The molecule has 1 N–H and O–H groups in total. The molecule has 0 unspecified atom stereocenters. The van der Waals surface area contributed by atoms with Crippen molar-refractivity contribution in [1.82, 2.24) is 0 Å². The second kappa shape index (κ2) is 2.49. The van der Waals surface area contributed by atoms with Gasteiger partial charge in [-0.3, -0.25) is 5.41 Å². The largest absolute Gasteiger partial charge is 0.474 e. The maximum Gasteiger partial charge on any atom is 0.207 e. The van der Waals surface area contributed by atoms with Crippen molar-refractivity contribution in [2.75, 3.05) is 0 Å². The van der Waals surface area contributed by atoms with Gasteiger partial charge in [0.25, 0.3) is 0 Å². The minimum absolute atomic E-state index is 0.187. The van der Waals surface area contributed by atoms with Crippen molar-refractivity contribution in [1.29, 1.82) is 21.2 Å². The average Bonchev–Trinajstić information content (AvgIpc) is 2.60. The molecule has 0 aromatic carbocycles. The van der Waals surface area contributed by atoms with Gasteiger partial charge in [0.2, 0.25) is 11.3 Å². The highest BCUT2D eigenvalue weighted by Gasteiger charge is 2.75. The standard InChI is InChI=1S/C10H8N4O/c1-6-2-7-9(3-11,4-12)10(6,5-13)8(14)15-7/h6-7,14H,2H2,1H3/t6-,7-,10+/m0/s1. The highest BCUT2D eigenvalue weighted by molar-refractivity contribution is 5.90. The van der Waals surface area contributed by atoms with Gasteiger partial charge < -0.3 is 4.74 Å². The Balaban J connectivity index is 2.74. The maximum absolute atomic E-state index is 9.21. The molecule has 15 heavy (non-hydrogen) atoms. The summed E-state index contributed by atoms with van der Waals surface area (Å²) in [6, 6.07) is 5.75. The molecule has 0 aromatic rings. The van der Waals surface area contributed by atoms with Crippen molar-refractivity contribution in [2.24, 2.45) is 16.7 Å². The molecule has 2 bridgehead atoms. The monoisotopic (exact) mass is 200 g/mol. The number of nitrogens with zero attached hydrogens (tertiary/aromatic N) is 3. The SMILES string of the molecule is C[C@H]1C[C@@H]2OC(=N)[C@]1(C#N)C2(C#N)C#N. The van der Waals surface area contributed by atoms with Crippen molar-refractivity contribution in [3.05, 3.63) is 0 Å². The van der Waals surface area contributed by atoms with Gasteiger partial charge >= 0.3 is 0 Å². The van der Waals surface area contributed by atoms with Crippen molar-refractivity contribution >= 4 is 5.90 Å². The molecule has 0 spiro atoms. The predicted molar refractivity (Wildman–Crippen MR) is 48.1 cm³/mol. The van der Waals surface area contributed by atoms with E-state index < -0.39 is 16.9 Å². The van der Waals surface area contributed by atoms with E-state index in [0.717, 1.165) is 0 Å². The number of nitriles is 3. The van der Waals surface area contributed by atoms with Crippen LogP contribution >= 0.6 is 0 Å². The fourth-order valence-electron chi connectivity index (χ4n) is 2.69. The Hall–Kier alpha value is -2.06. The summed E-state index contributed by atoms with van der Waals surface area (Å²) in [7, 11) is 0. The Morgan fingerprint density at radius 3 is 2.27 bits per heavy atom. The van der Waals surface area contributed by atoms with Crippen LogP contribution in [0, 0.1) is 56.2 Å². The molecule has 1 aliphatic heterocycles. The van der Waals surface area contributed by atoms with Crippen LogP contribution < -0.4 is 0 Å². The first-order valence-electron chi connectivity index (χ1n) is 4.58. The molecule has 1 saturated carbocycles. The molecule has 0 amide bonds. The van der Waals surface area contributed by atoms with Crippen LogP contribution in [-0.4, -0.2) is 12.0 Å². The lowest BCUT2D eigenvalue weighted by molar-refractivity contribution is 0.163. The van der Waals surface area contributed by atoms with Crippen molar-refractivity contribution in [3.8, 4) is 18.2 Å². The number of fused-ring (bicyclic) bond motifs is 2. The van der Waals surface area contributed by atoms with Crippen LogP contribution in [0.4, 0.5) is 0 Å². The molecule has 74 valence electrons. The fraction of sp³-hybridized carbons (Fsp3) is 0.600. The summed E-state index contributed by atoms with van der Waals surface area (Å²) in [4.78, 5) is 0. The van der Waals surface area contributed by atoms with E-state index >= 15 is 0 Å². The van der Waals surface area contributed by atoms with E-state index in [1.165, 1.54) is 0 Å². The number of rotatable bonds is 0. The first-order chi connectivity index (χ1) is 7.09. The molecule has 3 atom stereocenters. The zero-order chi connectivity index (χ0) is 11.3. The van der Waals surface area contributed by atoms with E-state index in [1.807, 2.05) is 18.2 Å². The van der Waals surface area contributed by atoms with E-state index in [9.17, 15) is 5.26 Å². The van der Waals surface area contributed by atoms with E-state index in [4.69, 9.17) is 20.7 Å². The van der Waals surface area contributed by atoms with Crippen LogP contribution in [0.1, 0.15) is 13.3 Å². The maximum atomic E-state index is 9.21. The van der Waals surface area contributed by atoms with E-state index in [2.05, 4.69) is 0 Å². The summed E-state index contributed by atoms with van der Waals surface area (Å²) >= 11 is 0. The molecular weight excluding hydrogens is 192 g/mol. The van der Waals surface area contributed by atoms with E-state index in [-0.39, 0.29) is 11.8 Å². The van der Waals surface area contributed by atoms with Gasteiger partial charge in [0.15, 0.2) is 5.41 Å². The third kappa shape index (κ3) is 0.671. The third-order valence-corrected chi connectivity index (χ3v) is 3.56. The summed E-state index contributed by atoms with van der Waals surface area (Å²) in [5.41, 5.74) is -2.88. The summed E-state index contributed by atoms with van der Waals surface area (Å²) in [5, 5.41) is 35.1. The van der Waals surface area contributed by atoms with Gasteiger partial charge in [-0.05, 0) is 12.3 Å². The van der Waals surface area contributed by atoms with E-state index in [0.29, 0.717) is 6.42 Å². The Morgan fingerprint density at radius 2 is 1.93 bits per heavy atom. The van der Waals surface area contributed by atoms with Crippen molar-refractivity contribution in [3.63, 3.8) is 0 Å². The van der Waals surface area contributed by atoms with Crippen LogP contribution in [0.2, 0.25) is 0 Å². The third-order valence-electron chi connectivity index (χ3n) is 3.56. The number of hydrogen-bond donors (Lipinski definition) is 1. The van der Waals surface area contributed by atoms with Crippen molar-refractivity contribution in [2.45, 2.75) is 19.4 Å². The molecule has 1 heterocycles. The Labute approximate surface area is 87.0 Å². The minimum Gasteiger partial charge on any atom is -0.474 e. The van der Waals surface area contributed by atoms with Crippen LogP contribution in [0.3, 0.4) is 0 Å². The number of hydrogen-bond acceptors (Lipinski definition) is 5. The van der Waals surface area contributed by atoms with Crippen LogP contribution in [-0.2, 0) is 4.74 Å². The van der Waals surface area contributed by atoms with Crippen LogP contribution in [0.5, 0.6) is 0 Å². The Morgan fingerprint density at radius 1 is 1.33 bits per heavy atom. The Kier molecular flexibility index (Phi) is 1.58. The van der Waals surface area contributed by atoms with Gasteiger partial charge in [-0.2, -0.15) is 15.8 Å². The molecule has 5 heteroatoms. The summed E-state index contributed by atoms with van der Waals surface area (Å²) in [5.74, 6) is -0.412. The number of ether oxygens (including phenoxy) is 1. The second-order valence-corrected chi connectivity index (χ2v) is 4.02. The zero-order valence-electron chi connectivity index (χ0n) is 8.11. The molecule has 0 radical (unpaired) electrons. The highest BCUT2D eigenvalue weighted by atomic mass is 16.5. The molecule has 1 aliphatic carbocycles. The Bertz CT molecular complexity index is 449. The molecule has 2 fully saturated rings. The molecule has 1 saturated heterocycles. The number of nitrogens with one attached hydrogen (secondary N) is 1. The van der Waals surface area contributed by atoms with Gasteiger partial charge in [0.05, 0.1) is 18.2 Å². The van der Waals surface area contributed by atoms with Gasteiger partial charge in [-0.25, -0.2) is 0 Å². The zero-order valence-corrected chi connectivity index (χ0v) is 8.11. The smallest absolute Gasteiger partial charge is 0.207 e. The topological polar surface area (TPSA) is 104 Å². The molecule has 2 rings (SSSR count). The average molecular weight is 200 g/mol. The van der Waals surface area contributed by atoms with Gasteiger partial charge in [0.1, 0.15) is 6.10 Å². The second-order valence-electron chi connectivity index (χ2n) is 4.02. The predicted octanol–water partition coefficient (Wildman–Crippen LogP) is 0.946. The lowest BCUT2D eigenvalue weighted by atomic mass is 9.65. The fourth-order valence-corrected chi connectivity index (χ4v) is 2.69. The minimum atomic E-state index is -1.50. The van der Waals surface area contributed by atoms with Gasteiger partial charge in [-0.1, -0.05) is 6.92 Å². The summed E-state index contributed by atoms with van der Waals surface area (Å²) in [6.45, 7) is 1.78. The first kappa shape index (κ1) is 9.49. The molecule has 2 aliphatic rings. The van der Waals surface area contributed by atoms with Crippen molar-refractivity contribution < 1.29 is 4.74 Å². The molecule has 0 aromatic heterocycles. The van der Waals surface area contributed by atoms with Crippen LogP contribution in [0.25, 0.3) is 0 Å². The molecule has 5 nitrogen and oxygen atoms in total. The normalized spacial score (nSPS) is 40.0. The lowest BCUT2D eigenvalue weighted by Crippen LogP contribution is -2.41. The summed E-state index contributed by atoms with van der Waals surface area (Å²) in [6.07, 6.45) is -0.147. The lowest BCUT2D eigenvalue weighted by Gasteiger charge is -2.26. The highest BCUT2D eigenvalue weighted by Crippen LogP contribution is 2.62. The molecular formula is C10H8N4O. The first-order valence-corrected chi connectivity index (χ1v) is 4.58. The van der Waals surface area contributed by atoms with E-state index in [1.54, 1.807) is 6.92 Å². The summed E-state index contributed by atoms with van der Waals surface area (Å²) < 4.78 is 5.14. The van der Waals surface area contributed by atoms with Crippen LogP contribution in [0.15, 0.2) is 0 Å². The van der Waals surface area contributed by atoms with Gasteiger partial charge in [0, 0.05) is 0 Å². The van der Waals surface area contributed by atoms with Gasteiger partial charge in [-0.15, -0.1) is 0 Å².